The Balaban J connectivity index is 2.39. The summed E-state index contributed by atoms with van der Waals surface area (Å²) in [5, 5.41) is 9.07. The Morgan fingerprint density at radius 3 is 2.75 bits per heavy atom. The van der Waals surface area contributed by atoms with Gasteiger partial charge in [0.1, 0.15) is 6.10 Å². The predicted octanol–water partition coefficient (Wildman–Crippen LogP) is 0.435. The minimum absolute atomic E-state index is 0.203. The van der Waals surface area contributed by atoms with Crippen LogP contribution in [0.25, 0.3) is 0 Å². The highest BCUT2D eigenvalue weighted by Gasteiger charge is 2.28. The van der Waals surface area contributed by atoms with E-state index in [4.69, 9.17) is 14.6 Å². The van der Waals surface area contributed by atoms with E-state index >= 15 is 0 Å². The molecule has 0 unspecified atom stereocenters. The lowest BCUT2D eigenvalue weighted by atomic mass is 10.1. The topological polar surface area (TPSA) is 55.8 Å². The van der Waals surface area contributed by atoms with Crippen molar-refractivity contribution in [2.24, 2.45) is 0 Å². The van der Waals surface area contributed by atoms with Crippen LogP contribution in [-0.4, -0.2) is 29.6 Å². The van der Waals surface area contributed by atoms with E-state index in [0.717, 1.165) is 0 Å². The minimum Gasteiger partial charge on any atom is -0.460 e. The first-order valence-corrected chi connectivity index (χ1v) is 4.10. The van der Waals surface area contributed by atoms with Crippen molar-refractivity contribution in [1.82, 2.24) is 0 Å². The standard InChI is InChI=1S/C8H14O4/c1-5-7(12-6(2)9)3-4-8(10)11-5/h5,7-8,10H,3-4H2,1-2H3/t5-,7-,8+/m0/s1. The second kappa shape index (κ2) is 3.87. The minimum atomic E-state index is -0.702. The summed E-state index contributed by atoms with van der Waals surface area (Å²) in [7, 11) is 0. The van der Waals surface area contributed by atoms with Gasteiger partial charge in [-0.25, -0.2) is 0 Å². The Bertz CT molecular complexity index is 168. The lowest BCUT2D eigenvalue weighted by Gasteiger charge is -2.31. The average Bonchev–Trinajstić information content (AvgIpc) is 1.94. The summed E-state index contributed by atoms with van der Waals surface area (Å²) >= 11 is 0. The first kappa shape index (κ1) is 9.48. The van der Waals surface area contributed by atoms with E-state index in [9.17, 15) is 4.79 Å². The second-order valence-electron chi connectivity index (χ2n) is 3.02. The number of hydrogen-bond donors (Lipinski definition) is 1. The number of ether oxygens (including phenoxy) is 2. The molecule has 3 atom stereocenters. The first-order valence-electron chi connectivity index (χ1n) is 4.10. The third kappa shape index (κ3) is 2.46. The molecule has 1 aliphatic heterocycles. The maximum Gasteiger partial charge on any atom is 0.302 e. The Morgan fingerprint density at radius 2 is 2.25 bits per heavy atom. The third-order valence-electron chi connectivity index (χ3n) is 1.91. The van der Waals surface area contributed by atoms with Gasteiger partial charge in [0.05, 0.1) is 6.10 Å². The number of carbonyl (C=O) groups excluding carboxylic acids is 1. The molecule has 0 amide bonds. The van der Waals surface area contributed by atoms with Crippen molar-refractivity contribution < 1.29 is 19.4 Å². The van der Waals surface area contributed by atoms with Crippen molar-refractivity contribution in [2.45, 2.75) is 45.2 Å². The van der Waals surface area contributed by atoms with E-state index < -0.39 is 6.29 Å². The molecule has 0 aliphatic carbocycles. The molecule has 0 aromatic heterocycles. The molecule has 1 heterocycles. The molecule has 4 nitrogen and oxygen atoms in total. The van der Waals surface area contributed by atoms with Crippen LogP contribution < -0.4 is 0 Å². The van der Waals surface area contributed by atoms with Gasteiger partial charge in [-0.1, -0.05) is 0 Å². The molecule has 1 fully saturated rings. The molecule has 0 bridgehead atoms. The van der Waals surface area contributed by atoms with E-state index in [1.807, 2.05) is 0 Å². The van der Waals surface area contributed by atoms with Crippen LogP contribution in [0.1, 0.15) is 26.7 Å². The van der Waals surface area contributed by atoms with Gasteiger partial charge in [-0.15, -0.1) is 0 Å². The quantitative estimate of drug-likeness (QED) is 0.586. The maximum absolute atomic E-state index is 10.6. The fourth-order valence-electron chi connectivity index (χ4n) is 1.31. The maximum atomic E-state index is 10.6. The monoisotopic (exact) mass is 174 g/mol. The van der Waals surface area contributed by atoms with Gasteiger partial charge >= 0.3 is 5.97 Å². The van der Waals surface area contributed by atoms with Crippen LogP contribution in [-0.2, 0) is 14.3 Å². The van der Waals surface area contributed by atoms with E-state index in [-0.39, 0.29) is 18.2 Å². The zero-order valence-electron chi connectivity index (χ0n) is 7.32. The Kier molecular flexibility index (Phi) is 3.05. The van der Waals surface area contributed by atoms with Crippen molar-refractivity contribution in [1.29, 1.82) is 0 Å². The molecular formula is C8H14O4. The summed E-state index contributed by atoms with van der Waals surface area (Å²) in [6.45, 7) is 3.16. The van der Waals surface area contributed by atoms with Gasteiger partial charge < -0.3 is 14.6 Å². The highest BCUT2D eigenvalue weighted by atomic mass is 16.6. The summed E-state index contributed by atoms with van der Waals surface area (Å²) < 4.78 is 10.1. The summed E-state index contributed by atoms with van der Waals surface area (Å²) in [6, 6.07) is 0. The highest BCUT2D eigenvalue weighted by molar-refractivity contribution is 5.66. The molecule has 0 radical (unpaired) electrons. The van der Waals surface area contributed by atoms with Crippen molar-refractivity contribution >= 4 is 5.97 Å². The number of esters is 1. The summed E-state index contributed by atoms with van der Waals surface area (Å²) in [5.74, 6) is -0.299. The van der Waals surface area contributed by atoms with E-state index in [1.54, 1.807) is 6.92 Å². The van der Waals surface area contributed by atoms with Crippen molar-refractivity contribution in [3.63, 3.8) is 0 Å². The largest absolute Gasteiger partial charge is 0.460 e. The number of aliphatic hydroxyl groups excluding tert-OH is 1. The Morgan fingerprint density at radius 1 is 1.58 bits per heavy atom. The Hall–Kier alpha value is -0.610. The number of rotatable bonds is 1. The molecule has 0 saturated carbocycles. The lowest BCUT2D eigenvalue weighted by molar-refractivity contribution is -0.205. The molecule has 4 heteroatoms. The van der Waals surface area contributed by atoms with Gasteiger partial charge in [0, 0.05) is 13.3 Å². The normalized spacial score (nSPS) is 36.1. The van der Waals surface area contributed by atoms with Gasteiger partial charge in [0.25, 0.3) is 0 Å². The van der Waals surface area contributed by atoms with Gasteiger partial charge in [-0.2, -0.15) is 0 Å². The van der Waals surface area contributed by atoms with Crippen molar-refractivity contribution in [2.75, 3.05) is 0 Å². The fraction of sp³-hybridized carbons (Fsp3) is 0.875. The first-order chi connectivity index (χ1) is 5.59. The molecule has 0 aromatic carbocycles. The molecule has 12 heavy (non-hydrogen) atoms. The number of carbonyl (C=O) groups is 1. The van der Waals surface area contributed by atoms with Crippen LogP contribution in [0.5, 0.6) is 0 Å². The smallest absolute Gasteiger partial charge is 0.302 e. The average molecular weight is 174 g/mol. The van der Waals surface area contributed by atoms with Crippen molar-refractivity contribution in [3.8, 4) is 0 Å². The van der Waals surface area contributed by atoms with E-state index in [0.29, 0.717) is 12.8 Å². The molecule has 1 rings (SSSR count). The van der Waals surface area contributed by atoms with Crippen LogP contribution >= 0.6 is 0 Å². The molecule has 1 aliphatic rings. The van der Waals surface area contributed by atoms with Crippen molar-refractivity contribution in [3.05, 3.63) is 0 Å². The summed E-state index contributed by atoms with van der Waals surface area (Å²) in [6.07, 6.45) is 0.0832. The Labute approximate surface area is 71.5 Å². The molecule has 0 aromatic rings. The van der Waals surface area contributed by atoms with Gasteiger partial charge in [-0.05, 0) is 13.3 Å². The zero-order chi connectivity index (χ0) is 9.14. The van der Waals surface area contributed by atoms with Crippen LogP contribution in [0.4, 0.5) is 0 Å². The fourth-order valence-corrected chi connectivity index (χ4v) is 1.31. The summed E-state index contributed by atoms with van der Waals surface area (Å²) in [5.41, 5.74) is 0. The number of aliphatic hydroxyl groups is 1. The van der Waals surface area contributed by atoms with Crippen LogP contribution in [0, 0.1) is 0 Å². The highest BCUT2D eigenvalue weighted by Crippen LogP contribution is 2.20. The molecule has 1 N–H and O–H groups in total. The van der Waals surface area contributed by atoms with Gasteiger partial charge in [0.2, 0.25) is 0 Å². The van der Waals surface area contributed by atoms with Crippen LogP contribution in [0.3, 0.4) is 0 Å². The van der Waals surface area contributed by atoms with Gasteiger partial charge in [0.15, 0.2) is 6.29 Å². The molecule has 1 saturated heterocycles. The molecule has 70 valence electrons. The summed E-state index contributed by atoms with van der Waals surface area (Å²) in [4.78, 5) is 10.6. The molecular weight excluding hydrogens is 160 g/mol. The number of hydrogen-bond acceptors (Lipinski definition) is 4. The van der Waals surface area contributed by atoms with Gasteiger partial charge in [-0.3, -0.25) is 4.79 Å². The SMILES string of the molecule is CC(=O)O[C@H]1CC[C@H](O)O[C@H]1C. The predicted molar refractivity (Wildman–Crippen MR) is 41.3 cm³/mol. The second-order valence-corrected chi connectivity index (χ2v) is 3.02. The zero-order valence-corrected chi connectivity index (χ0v) is 7.32. The van der Waals surface area contributed by atoms with E-state index in [1.165, 1.54) is 6.92 Å². The van der Waals surface area contributed by atoms with Crippen LogP contribution in [0.2, 0.25) is 0 Å². The third-order valence-corrected chi connectivity index (χ3v) is 1.91. The molecule has 0 spiro atoms. The lowest BCUT2D eigenvalue weighted by Crippen LogP contribution is -2.39. The van der Waals surface area contributed by atoms with Crippen LogP contribution in [0.15, 0.2) is 0 Å². The van der Waals surface area contributed by atoms with E-state index in [2.05, 4.69) is 0 Å².